The molecule has 0 unspecified atom stereocenters. The lowest BCUT2D eigenvalue weighted by Gasteiger charge is -2.24. The summed E-state index contributed by atoms with van der Waals surface area (Å²) in [5.41, 5.74) is 2.45. The number of rotatable bonds is 6. The number of ether oxygens (including phenoxy) is 2. The molecule has 0 aromatic heterocycles. The van der Waals surface area contributed by atoms with Gasteiger partial charge in [-0.25, -0.2) is 0 Å². The van der Waals surface area contributed by atoms with Crippen LogP contribution in [0.25, 0.3) is 0 Å². The Morgan fingerprint density at radius 1 is 1.04 bits per heavy atom. The number of hydrogen-bond acceptors (Lipinski definition) is 3. The van der Waals surface area contributed by atoms with Crippen molar-refractivity contribution in [1.82, 2.24) is 0 Å². The summed E-state index contributed by atoms with van der Waals surface area (Å²) in [5, 5.41) is 0. The van der Waals surface area contributed by atoms with Gasteiger partial charge in [0.2, 0.25) is 0 Å². The van der Waals surface area contributed by atoms with Crippen LogP contribution >= 0.6 is 0 Å². The molecule has 2 rings (SSSR count). The van der Waals surface area contributed by atoms with E-state index in [0.29, 0.717) is 23.6 Å². The van der Waals surface area contributed by atoms with E-state index in [4.69, 9.17) is 9.47 Å². The van der Waals surface area contributed by atoms with Gasteiger partial charge >= 0.3 is 0 Å². The first-order chi connectivity index (χ1) is 11.1. The van der Waals surface area contributed by atoms with Gasteiger partial charge in [0, 0.05) is 12.2 Å². The number of aryl methyl sites for hydroxylation is 1. The largest absolute Gasteiger partial charge is 0.496 e. The first-order valence-corrected chi connectivity index (χ1v) is 7.71. The lowest BCUT2D eigenvalue weighted by molar-refractivity contribution is 0.0981. The number of carbonyl (C=O) groups is 1. The molecule has 0 heterocycles. The molecule has 2 aromatic rings. The van der Waals surface area contributed by atoms with E-state index in [2.05, 4.69) is 6.92 Å². The first-order valence-electron chi connectivity index (χ1n) is 7.71. The van der Waals surface area contributed by atoms with Crippen LogP contribution in [0.5, 0.6) is 11.5 Å². The molecule has 0 radical (unpaired) electrons. The van der Waals surface area contributed by atoms with Crippen molar-refractivity contribution in [1.29, 1.82) is 0 Å². The van der Waals surface area contributed by atoms with Crippen LogP contribution < -0.4 is 14.4 Å². The summed E-state index contributed by atoms with van der Waals surface area (Å²) >= 11 is 0. The molecule has 0 atom stereocenters. The van der Waals surface area contributed by atoms with Crippen LogP contribution in [0.2, 0.25) is 0 Å². The third-order valence-electron chi connectivity index (χ3n) is 3.65. The van der Waals surface area contributed by atoms with Gasteiger partial charge in [0.25, 0.3) is 5.91 Å². The maximum absolute atomic E-state index is 13.2. The van der Waals surface area contributed by atoms with Crippen LogP contribution in [0.3, 0.4) is 0 Å². The molecule has 0 saturated carbocycles. The van der Waals surface area contributed by atoms with Gasteiger partial charge in [-0.2, -0.15) is 0 Å². The molecule has 1 amide bonds. The summed E-state index contributed by atoms with van der Waals surface area (Å²) in [5.74, 6) is 0.915. The fourth-order valence-corrected chi connectivity index (χ4v) is 2.56. The Hall–Kier alpha value is -2.49. The molecule has 0 bridgehead atoms. The van der Waals surface area contributed by atoms with Crippen molar-refractivity contribution in [3.8, 4) is 11.5 Å². The Kier molecular flexibility index (Phi) is 5.63. The van der Waals surface area contributed by atoms with Gasteiger partial charge in [0.1, 0.15) is 17.1 Å². The predicted molar refractivity (Wildman–Crippen MR) is 92.7 cm³/mol. The standard InChI is InChI=1S/C19H23NO3/c1-5-12-20(15-9-6-8-14(2)13-15)19(21)18-16(22-3)10-7-11-17(18)23-4/h6-11,13H,5,12H2,1-4H3. The van der Waals surface area contributed by atoms with Crippen LogP contribution in [0.1, 0.15) is 29.3 Å². The molecule has 0 spiro atoms. The molecule has 4 nitrogen and oxygen atoms in total. The van der Waals surface area contributed by atoms with Crippen LogP contribution in [0, 0.1) is 6.92 Å². The van der Waals surface area contributed by atoms with E-state index in [-0.39, 0.29) is 5.91 Å². The number of amides is 1. The summed E-state index contributed by atoms with van der Waals surface area (Å²) in [6.07, 6.45) is 0.858. The highest BCUT2D eigenvalue weighted by Crippen LogP contribution is 2.31. The number of benzene rings is 2. The molecule has 0 aliphatic carbocycles. The van der Waals surface area contributed by atoms with E-state index >= 15 is 0 Å². The second-order valence-electron chi connectivity index (χ2n) is 5.33. The number of hydrogen-bond donors (Lipinski definition) is 0. The van der Waals surface area contributed by atoms with Crippen LogP contribution in [0.4, 0.5) is 5.69 Å². The summed E-state index contributed by atoms with van der Waals surface area (Å²) in [7, 11) is 3.12. The highest BCUT2D eigenvalue weighted by atomic mass is 16.5. The van der Waals surface area contributed by atoms with E-state index in [1.54, 1.807) is 31.3 Å². The van der Waals surface area contributed by atoms with E-state index < -0.39 is 0 Å². The summed E-state index contributed by atoms with van der Waals surface area (Å²) in [6.45, 7) is 4.70. The average molecular weight is 313 g/mol. The van der Waals surface area contributed by atoms with Crippen molar-refractivity contribution in [3.63, 3.8) is 0 Å². The first kappa shape index (κ1) is 16.9. The normalized spacial score (nSPS) is 10.3. The smallest absolute Gasteiger partial charge is 0.265 e. The van der Waals surface area contributed by atoms with Crippen molar-refractivity contribution < 1.29 is 14.3 Å². The molecular formula is C19H23NO3. The molecule has 0 saturated heterocycles. The van der Waals surface area contributed by atoms with Gasteiger partial charge in [0.05, 0.1) is 14.2 Å². The van der Waals surface area contributed by atoms with E-state index in [1.165, 1.54) is 0 Å². The topological polar surface area (TPSA) is 38.8 Å². The molecule has 122 valence electrons. The highest BCUT2D eigenvalue weighted by molar-refractivity contribution is 6.09. The van der Waals surface area contributed by atoms with Crippen molar-refractivity contribution in [2.24, 2.45) is 0 Å². The summed E-state index contributed by atoms with van der Waals surface area (Å²) < 4.78 is 10.7. The maximum atomic E-state index is 13.2. The monoisotopic (exact) mass is 313 g/mol. The lowest BCUT2D eigenvalue weighted by Crippen LogP contribution is -2.32. The molecule has 4 heteroatoms. The third-order valence-corrected chi connectivity index (χ3v) is 3.65. The molecular weight excluding hydrogens is 290 g/mol. The minimum atomic E-state index is -0.119. The van der Waals surface area contributed by atoms with E-state index in [0.717, 1.165) is 17.7 Å². The Balaban J connectivity index is 2.51. The minimum absolute atomic E-state index is 0.119. The zero-order valence-corrected chi connectivity index (χ0v) is 14.1. The summed E-state index contributed by atoms with van der Waals surface area (Å²) in [4.78, 5) is 14.9. The van der Waals surface area contributed by atoms with E-state index in [1.807, 2.05) is 37.3 Å². The third kappa shape index (κ3) is 3.65. The Labute approximate surface area is 137 Å². The van der Waals surface area contributed by atoms with Gasteiger partial charge in [-0.1, -0.05) is 25.1 Å². The van der Waals surface area contributed by atoms with Crippen LogP contribution in [0.15, 0.2) is 42.5 Å². The van der Waals surface area contributed by atoms with Gasteiger partial charge < -0.3 is 14.4 Å². The summed E-state index contributed by atoms with van der Waals surface area (Å²) in [6, 6.07) is 13.3. The van der Waals surface area contributed by atoms with Crippen molar-refractivity contribution in [2.75, 3.05) is 25.7 Å². The van der Waals surface area contributed by atoms with Crippen molar-refractivity contribution in [2.45, 2.75) is 20.3 Å². The molecule has 0 N–H and O–H groups in total. The number of nitrogens with zero attached hydrogens (tertiary/aromatic N) is 1. The van der Waals surface area contributed by atoms with Crippen LogP contribution in [-0.4, -0.2) is 26.7 Å². The molecule has 0 aliphatic heterocycles. The number of carbonyl (C=O) groups excluding carboxylic acids is 1. The Morgan fingerprint density at radius 3 is 2.17 bits per heavy atom. The number of methoxy groups -OCH3 is 2. The van der Waals surface area contributed by atoms with E-state index in [9.17, 15) is 4.79 Å². The van der Waals surface area contributed by atoms with Gasteiger partial charge in [-0.15, -0.1) is 0 Å². The SMILES string of the molecule is CCCN(C(=O)c1c(OC)cccc1OC)c1cccc(C)c1. The molecule has 0 fully saturated rings. The predicted octanol–water partition coefficient (Wildman–Crippen LogP) is 4.07. The highest BCUT2D eigenvalue weighted by Gasteiger charge is 2.24. The zero-order chi connectivity index (χ0) is 16.8. The Bertz CT molecular complexity index is 660. The van der Waals surface area contributed by atoms with Gasteiger partial charge in [-0.3, -0.25) is 4.79 Å². The lowest BCUT2D eigenvalue weighted by atomic mass is 10.1. The Morgan fingerprint density at radius 2 is 1.65 bits per heavy atom. The fraction of sp³-hybridized carbons (Fsp3) is 0.316. The number of anilines is 1. The van der Waals surface area contributed by atoms with Crippen LogP contribution in [-0.2, 0) is 0 Å². The molecule has 23 heavy (non-hydrogen) atoms. The molecule has 0 aliphatic rings. The molecule has 2 aromatic carbocycles. The average Bonchev–Trinajstić information content (AvgIpc) is 2.58. The van der Waals surface area contributed by atoms with Crippen molar-refractivity contribution in [3.05, 3.63) is 53.6 Å². The van der Waals surface area contributed by atoms with Gasteiger partial charge in [-0.05, 0) is 43.2 Å². The fourth-order valence-electron chi connectivity index (χ4n) is 2.56. The van der Waals surface area contributed by atoms with Crippen molar-refractivity contribution >= 4 is 11.6 Å². The second kappa shape index (κ2) is 7.68. The minimum Gasteiger partial charge on any atom is -0.496 e. The zero-order valence-electron chi connectivity index (χ0n) is 14.1. The second-order valence-corrected chi connectivity index (χ2v) is 5.33. The van der Waals surface area contributed by atoms with Gasteiger partial charge in [0.15, 0.2) is 0 Å². The quantitative estimate of drug-likeness (QED) is 0.807. The maximum Gasteiger partial charge on any atom is 0.265 e.